The van der Waals surface area contributed by atoms with Gasteiger partial charge in [0.25, 0.3) is 0 Å². The Morgan fingerprint density at radius 3 is 2.62 bits per heavy atom. The third-order valence-corrected chi connectivity index (χ3v) is 5.16. The summed E-state index contributed by atoms with van der Waals surface area (Å²) in [7, 11) is 0. The van der Waals surface area contributed by atoms with Crippen LogP contribution in [0.25, 0.3) is 0 Å². The first kappa shape index (κ1) is 20.9. The van der Waals surface area contributed by atoms with E-state index in [0.717, 1.165) is 45.0 Å². The number of aliphatic imine (C=N–C) groups is 1. The summed E-state index contributed by atoms with van der Waals surface area (Å²) in [6.45, 7) is 8.15. The lowest BCUT2D eigenvalue weighted by molar-refractivity contribution is -0.149. The minimum Gasteiger partial charge on any atom is -0.466 e. The first-order chi connectivity index (χ1) is 14.2. The molecule has 29 heavy (non-hydrogen) atoms. The van der Waals surface area contributed by atoms with Crippen molar-refractivity contribution in [3.05, 3.63) is 53.9 Å². The lowest BCUT2D eigenvalue weighted by Crippen LogP contribution is -2.46. The molecule has 0 unspecified atom stereocenters. The summed E-state index contributed by atoms with van der Waals surface area (Å²) in [5.74, 6) is 0.842. The molecule has 1 N–H and O–H groups in total. The number of carbonyl (C=O) groups is 1. The van der Waals surface area contributed by atoms with Gasteiger partial charge in [0.15, 0.2) is 5.96 Å². The third kappa shape index (κ3) is 5.82. The summed E-state index contributed by atoms with van der Waals surface area (Å²) in [4.78, 5) is 19.1. The molecule has 0 saturated carbocycles. The molecule has 7 nitrogen and oxygen atoms in total. The molecule has 0 spiro atoms. The van der Waals surface area contributed by atoms with Crippen molar-refractivity contribution in [1.29, 1.82) is 0 Å². The van der Waals surface area contributed by atoms with Crippen LogP contribution in [0, 0.1) is 5.92 Å². The van der Waals surface area contributed by atoms with Crippen LogP contribution in [0.2, 0.25) is 0 Å². The van der Waals surface area contributed by atoms with Gasteiger partial charge >= 0.3 is 5.97 Å². The van der Waals surface area contributed by atoms with E-state index in [0.29, 0.717) is 13.2 Å². The van der Waals surface area contributed by atoms with Crippen LogP contribution in [-0.4, -0.2) is 52.9 Å². The number of nitrogens with zero attached hydrogens (tertiary/aromatic N) is 4. The molecule has 3 rings (SSSR count). The zero-order valence-electron chi connectivity index (χ0n) is 17.4. The molecule has 156 valence electrons. The number of hydrogen-bond acceptors (Lipinski definition) is 4. The van der Waals surface area contributed by atoms with Crippen molar-refractivity contribution in [1.82, 2.24) is 20.0 Å². The van der Waals surface area contributed by atoms with Gasteiger partial charge in [-0.05, 0) is 43.9 Å². The Labute approximate surface area is 172 Å². The lowest BCUT2D eigenvalue weighted by Gasteiger charge is -2.33. The Morgan fingerprint density at radius 2 is 1.97 bits per heavy atom. The number of ether oxygens (including phenoxy) is 1. The fourth-order valence-electron chi connectivity index (χ4n) is 3.61. The van der Waals surface area contributed by atoms with Crippen molar-refractivity contribution in [2.75, 3.05) is 26.2 Å². The number of aromatic nitrogens is 2. The van der Waals surface area contributed by atoms with E-state index in [1.165, 1.54) is 11.1 Å². The number of benzene rings is 1. The van der Waals surface area contributed by atoms with Crippen LogP contribution in [0.15, 0.2) is 47.7 Å². The predicted octanol–water partition coefficient (Wildman–Crippen LogP) is 2.67. The number of piperidine rings is 1. The van der Waals surface area contributed by atoms with Crippen molar-refractivity contribution in [3.63, 3.8) is 0 Å². The number of carbonyl (C=O) groups excluding carboxylic acids is 1. The molecule has 2 heterocycles. The number of likely N-dealkylation sites (tertiary alicyclic amines) is 1. The van der Waals surface area contributed by atoms with E-state index in [2.05, 4.69) is 46.5 Å². The van der Waals surface area contributed by atoms with Crippen LogP contribution in [0.5, 0.6) is 0 Å². The second kappa shape index (κ2) is 10.6. The van der Waals surface area contributed by atoms with Gasteiger partial charge in [0, 0.05) is 32.0 Å². The number of esters is 1. The molecule has 7 heteroatoms. The number of hydrogen-bond donors (Lipinski definition) is 1. The summed E-state index contributed by atoms with van der Waals surface area (Å²) in [5.41, 5.74) is 2.41. The number of guanidine groups is 1. The van der Waals surface area contributed by atoms with Crippen molar-refractivity contribution in [3.8, 4) is 0 Å². The monoisotopic (exact) mass is 397 g/mol. The molecule has 1 aliphatic heterocycles. The molecular formula is C22H31N5O2. The first-order valence-electron chi connectivity index (χ1n) is 10.4. The molecule has 0 atom stereocenters. The van der Waals surface area contributed by atoms with Gasteiger partial charge in [0.1, 0.15) is 0 Å². The van der Waals surface area contributed by atoms with Gasteiger partial charge in [0.2, 0.25) is 0 Å². The highest BCUT2D eigenvalue weighted by Gasteiger charge is 2.27. The average Bonchev–Trinajstić information content (AvgIpc) is 3.25. The molecule has 1 fully saturated rings. The summed E-state index contributed by atoms with van der Waals surface area (Å²) in [6, 6.07) is 10.3. The fraction of sp³-hybridized carbons (Fsp3) is 0.500. The van der Waals surface area contributed by atoms with Crippen LogP contribution in [-0.2, 0) is 22.6 Å². The fourth-order valence-corrected chi connectivity index (χ4v) is 3.61. The highest BCUT2D eigenvalue weighted by atomic mass is 16.5. The van der Waals surface area contributed by atoms with Gasteiger partial charge in [-0.3, -0.25) is 9.48 Å². The predicted molar refractivity (Wildman–Crippen MR) is 114 cm³/mol. The van der Waals surface area contributed by atoms with Gasteiger partial charge < -0.3 is 15.0 Å². The van der Waals surface area contributed by atoms with E-state index in [1.807, 2.05) is 23.9 Å². The molecule has 2 aromatic rings. The van der Waals surface area contributed by atoms with Crippen LogP contribution >= 0.6 is 0 Å². The van der Waals surface area contributed by atoms with E-state index >= 15 is 0 Å². The van der Waals surface area contributed by atoms with Gasteiger partial charge in [-0.25, -0.2) is 4.99 Å². The molecule has 0 bridgehead atoms. The van der Waals surface area contributed by atoms with Gasteiger partial charge in [-0.2, -0.15) is 5.10 Å². The zero-order valence-corrected chi connectivity index (χ0v) is 17.4. The molecule has 0 amide bonds. The molecule has 1 aromatic carbocycles. The normalized spacial score (nSPS) is 15.4. The van der Waals surface area contributed by atoms with E-state index in [9.17, 15) is 4.79 Å². The zero-order chi connectivity index (χ0) is 20.5. The highest BCUT2D eigenvalue weighted by Crippen LogP contribution is 2.19. The Morgan fingerprint density at radius 1 is 1.21 bits per heavy atom. The quantitative estimate of drug-likeness (QED) is 0.442. The van der Waals surface area contributed by atoms with Crippen molar-refractivity contribution in [2.45, 2.75) is 39.8 Å². The van der Waals surface area contributed by atoms with E-state index in [4.69, 9.17) is 9.73 Å². The van der Waals surface area contributed by atoms with E-state index < -0.39 is 0 Å². The Hall–Kier alpha value is -2.83. The number of rotatable bonds is 7. The topological polar surface area (TPSA) is 71.8 Å². The maximum absolute atomic E-state index is 12.0. The molecule has 1 aliphatic rings. The summed E-state index contributed by atoms with van der Waals surface area (Å²) in [5, 5.41) is 7.71. The lowest BCUT2D eigenvalue weighted by atomic mass is 9.97. The third-order valence-electron chi connectivity index (χ3n) is 5.16. The average molecular weight is 398 g/mol. The minimum atomic E-state index is -0.0679. The van der Waals surface area contributed by atoms with Crippen molar-refractivity contribution >= 4 is 11.9 Å². The summed E-state index contributed by atoms with van der Waals surface area (Å²) in [6.07, 6.45) is 5.38. The van der Waals surface area contributed by atoms with Crippen molar-refractivity contribution < 1.29 is 9.53 Å². The maximum atomic E-state index is 12.0. The smallest absolute Gasteiger partial charge is 0.309 e. The van der Waals surface area contributed by atoms with Gasteiger partial charge in [-0.15, -0.1) is 0 Å². The standard InChI is InChI=1S/C22H31N5O2/c1-3-23-22(26-14-10-18(11-15-26)21(28)29-4-2)24-16-19-8-5-6-9-20(19)17-27-13-7-12-25-27/h5-9,12-13,18H,3-4,10-11,14-17H2,1-2H3,(H,23,24). The summed E-state index contributed by atoms with van der Waals surface area (Å²) >= 11 is 0. The highest BCUT2D eigenvalue weighted by molar-refractivity contribution is 5.80. The Bertz CT molecular complexity index is 795. The second-order valence-corrected chi connectivity index (χ2v) is 7.16. The molecule has 0 aliphatic carbocycles. The number of nitrogens with one attached hydrogen (secondary N) is 1. The van der Waals surface area contributed by atoms with Crippen LogP contribution < -0.4 is 5.32 Å². The molecule has 1 aromatic heterocycles. The van der Waals surface area contributed by atoms with E-state index in [-0.39, 0.29) is 11.9 Å². The first-order valence-corrected chi connectivity index (χ1v) is 10.4. The molecule has 1 saturated heterocycles. The van der Waals surface area contributed by atoms with Crippen molar-refractivity contribution in [2.24, 2.45) is 10.9 Å². The van der Waals surface area contributed by atoms with Crippen LogP contribution in [0.4, 0.5) is 0 Å². The second-order valence-electron chi connectivity index (χ2n) is 7.16. The molecular weight excluding hydrogens is 366 g/mol. The SMILES string of the molecule is CCNC(=NCc1ccccc1Cn1cccn1)N1CCC(C(=O)OCC)CC1. The Kier molecular flexibility index (Phi) is 7.67. The largest absolute Gasteiger partial charge is 0.466 e. The van der Waals surface area contributed by atoms with Gasteiger partial charge in [0.05, 0.1) is 25.6 Å². The Balaban J connectivity index is 1.65. The van der Waals surface area contributed by atoms with Crippen LogP contribution in [0.1, 0.15) is 37.8 Å². The molecule has 0 radical (unpaired) electrons. The minimum absolute atomic E-state index is 0.00359. The maximum Gasteiger partial charge on any atom is 0.309 e. The van der Waals surface area contributed by atoms with Gasteiger partial charge in [-0.1, -0.05) is 24.3 Å². The van der Waals surface area contributed by atoms with E-state index in [1.54, 1.807) is 6.20 Å². The summed E-state index contributed by atoms with van der Waals surface area (Å²) < 4.78 is 7.10. The van der Waals surface area contributed by atoms with Crippen LogP contribution in [0.3, 0.4) is 0 Å².